The van der Waals surface area contributed by atoms with Gasteiger partial charge in [0.05, 0.1) is 211 Å². The second-order valence-electron chi connectivity index (χ2n) is 10.1. The van der Waals surface area contributed by atoms with Gasteiger partial charge in [-0.1, -0.05) is 0 Å². The van der Waals surface area contributed by atoms with Crippen LogP contribution in [0.3, 0.4) is 0 Å². The number of rotatable bonds is 0. The van der Waals surface area contributed by atoms with E-state index in [4.69, 9.17) is 75.8 Å². The van der Waals surface area contributed by atoms with Gasteiger partial charge in [0.15, 0.2) is 0 Å². The number of halogens is 16. The Kier molecular flexibility index (Phi) is 157. The van der Waals surface area contributed by atoms with Gasteiger partial charge in [0, 0.05) is 0 Å². The van der Waals surface area contributed by atoms with Gasteiger partial charge in [0.2, 0.25) is 0 Å². The Morgan fingerprint density at radius 1 is 0.111 bits per heavy atom. The molecule has 0 bridgehead atoms. The third-order valence-corrected chi connectivity index (χ3v) is 5.95. The third kappa shape index (κ3) is 148. The summed E-state index contributed by atoms with van der Waals surface area (Å²) in [5, 5.41) is 0. The Hall–Kier alpha value is 8.16. The van der Waals surface area contributed by atoms with E-state index in [1.807, 2.05) is 0 Å². The summed E-state index contributed by atoms with van der Waals surface area (Å²) in [5.74, 6) is 0. The Balaban J connectivity index is -0.000000102. The van der Waals surface area contributed by atoms with Gasteiger partial charge in [0.1, 0.15) is 0 Å². The molecule has 0 radical (unpaired) electrons. The normalized spacial score (nSPS) is 18.4. The van der Waals surface area contributed by atoms with E-state index >= 15 is 0 Å². The maximum atomic E-state index is 4.94. The Labute approximate surface area is 546 Å². The Morgan fingerprint density at radius 2 is 0.139 bits per heavy atom. The molecule has 8 fully saturated rings. The van der Waals surface area contributed by atoms with E-state index in [-0.39, 0.29) is 0 Å². The molecule has 40 heteroatoms. The first kappa shape index (κ1) is 96.5. The zero-order valence-corrected chi connectivity index (χ0v) is 57.2. The van der Waals surface area contributed by atoms with Crippen LogP contribution >= 0.6 is 162 Å². The van der Waals surface area contributed by atoms with Gasteiger partial charge in [-0.25, -0.2) is 0 Å². The Morgan fingerprint density at radius 3 is 0.153 bits per heavy atom. The molecule has 0 saturated carbocycles. The Bertz CT molecular complexity index is 491. The van der Waals surface area contributed by atoms with Gasteiger partial charge < -0.3 is 75.8 Å². The minimum atomic E-state index is 0.757. The van der Waals surface area contributed by atoms with Crippen molar-refractivity contribution >= 4 is 162 Å². The van der Waals surface area contributed by atoms with Crippen molar-refractivity contribution in [1.29, 1.82) is 0 Å². The molecule has 8 heterocycles. The molecule has 0 amide bonds. The van der Waals surface area contributed by atoms with Crippen LogP contribution in [0.5, 0.6) is 0 Å². The molecule has 0 N–H and O–H groups in total. The first-order chi connectivity index (χ1) is 35.3. The van der Waals surface area contributed by atoms with E-state index in [1.165, 1.54) is 0 Å². The molecule has 8 aliphatic rings. The second-order valence-corrected chi connectivity index (χ2v) is 22.6. The number of hydrogen-bond acceptors (Lipinski definition) is 16. The molecule has 0 aromatic rings. The van der Waals surface area contributed by atoms with Crippen molar-refractivity contribution in [2.75, 3.05) is 211 Å². The molecule has 0 aromatic heterocycles. The third-order valence-electron chi connectivity index (χ3n) is 5.95. The molecule has 0 spiro atoms. The summed E-state index contributed by atoms with van der Waals surface area (Å²) in [6.45, 7) is 24.9. The fourth-order valence-electron chi connectivity index (χ4n) is 3.52. The summed E-state index contributed by atoms with van der Waals surface area (Å²) in [6.07, 6.45) is 0. The SMILES string of the molecule is C1COCCO1.C1COCCO1.C1COCCO1.C1COCCO1.C1COCCO1.C1COCCO1.C1COCCO1.C1COCCO1.[Cl][Cu][Cl].[Cl][Cu][Cl].[Cl][Cu][Cl].[Cl][Cu][Cl].[Cl][Cu][Cl].[Cl][Cu][Cl].[Cl][Cu][Cl].[Cl][Cu][Cl]. The van der Waals surface area contributed by atoms with Crippen molar-refractivity contribution in [3.8, 4) is 0 Å². The van der Waals surface area contributed by atoms with E-state index < -0.39 is 0 Å². The molecule has 0 aliphatic carbocycles. The number of ether oxygens (including phenoxy) is 16. The quantitative estimate of drug-likeness (QED) is 0.212. The van der Waals surface area contributed by atoms with Gasteiger partial charge in [-0.05, 0) is 0 Å². The van der Waals surface area contributed by atoms with Crippen molar-refractivity contribution in [1.82, 2.24) is 0 Å². The first-order valence-electron chi connectivity index (χ1n) is 19.1. The summed E-state index contributed by atoms with van der Waals surface area (Å²) in [7, 11) is 74.7. The summed E-state index contributed by atoms with van der Waals surface area (Å²) in [4.78, 5) is 0. The summed E-state index contributed by atoms with van der Waals surface area (Å²) in [6, 6.07) is 0. The summed E-state index contributed by atoms with van der Waals surface area (Å²) < 4.78 is 79.1. The average Bonchev–Trinajstić information content (AvgIpc) is 3.46. The predicted octanol–water partition coefficient (Wildman–Crippen LogP) is 11.3. The zero-order valence-electron chi connectivity index (χ0n) is 37.6. The van der Waals surface area contributed by atoms with E-state index in [9.17, 15) is 0 Å². The summed E-state index contributed by atoms with van der Waals surface area (Å²) >= 11 is 6.06. The van der Waals surface area contributed by atoms with Crippen molar-refractivity contribution in [3.63, 3.8) is 0 Å². The molecule has 8 rings (SSSR count). The van der Waals surface area contributed by atoms with E-state index in [0.717, 1.165) is 316 Å². The second kappa shape index (κ2) is 117. The van der Waals surface area contributed by atoms with Crippen LogP contribution in [-0.2, 0) is 181 Å². The van der Waals surface area contributed by atoms with Crippen LogP contribution in [0.25, 0.3) is 0 Å². The van der Waals surface area contributed by atoms with E-state index in [1.54, 1.807) is 0 Å². The molecule has 8 saturated heterocycles. The van der Waals surface area contributed by atoms with Crippen LogP contribution in [0.4, 0.5) is 0 Å². The molecule has 16 nitrogen and oxygen atoms in total. The van der Waals surface area contributed by atoms with Crippen molar-refractivity contribution < 1.29 is 181 Å². The topological polar surface area (TPSA) is 148 Å². The van der Waals surface area contributed by atoms with E-state index in [0.29, 0.717) is 0 Å². The fourth-order valence-corrected chi connectivity index (χ4v) is 3.52. The first-order valence-corrected chi connectivity index (χ1v) is 39.8. The summed E-state index contributed by atoms with van der Waals surface area (Å²) in [5.41, 5.74) is 0. The molecule has 0 unspecified atom stereocenters. The van der Waals surface area contributed by atoms with Gasteiger partial charge in [0.25, 0.3) is 0 Å². The van der Waals surface area contributed by atoms with Crippen LogP contribution in [0, 0.1) is 0 Å². The molecule has 0 aromatic carbocycles. The van der Waals surface area contributed by atoms with Crippen LogP contribution < -0.4 is 0 Å². The predicted molar refractivity (Wildman–Crippen MR) is 267 cm³/mol. The zero-order chi connectivity index (χ0) is 55.6. The van der Waals surface area contributed by atoms with Crippen LogP contribution in [0.2, 0.25) is 0 Å². The minimum absolute atomic E-state index is 0.757. The van der Waals surface area contributed by atoms with E-state index in [2.05, 4.69) is 162 Å². The van der Waals surface area contributed by atoms with Gasteiger partial charge in [-0.2, -0.15) is 0 Å². The van der Waals surface area contributed by atoms with Gasteiger partial charge in [-0.15, -0.1) is 0 Å². The molecule has 0 atom stereocenters. The molecular formula is C32H64Cl16Cu8O16. The van der Waals surface area contributed by atoms with Crippen molar-refractivity contribution in [3.05, 3.63) is 0 Å². The van der Waals surface area contributed by atoms with Crippen molar-refractivity contribution in [2.45, 2.75) is 0 Å². The van der Waals surface area contributed by atoms with Gasteiger partial charge >= 0.3 is 267 Å². The standard InChI is InChI=1S/8C4H8O2.16ClH.8Cu/c8*1-2-6-4-3-5-1;;;;;;;;;;;;;;;;;;;;;;;;/h8*1-4H2;16*1H;;;;;;;;/q;;;;;;;;;;;;;;;;;;;;;;;;8*+2/p-16. The maximum absolute atomic E-state index is 4.94. The average molecular weight is 1780 g/mol. The number of hydrogen-bond donors (Lipinski definition) is 0. The van der Waals surface area contributed by atoms with Crippen molar-refractivity contribution in [2.24, 2.45) is 0 Å². The molecular weight excluding hydrogens is 1720 g/mol. The van der Waals surface area contributed by atoms with Crippen LogP contribution in [0.15, 0.2) is 0 Å². The van der Waals surface area contributed by atoms with Gasteiger partial charge in [-0.3, -0.25) is 0 Å². The monoisotopic (exact) mass is 1770 g/mol. The fraction of sp³-hybridized carbons (Fsp3) is 1.00. The molecule has 8 aliphatic heterocycles. The molecule has 488 valence electrons. The van der Waals surface area contributed by atoms with Crippen LogP contribution in [-0.4, -0.2) is 211 Å². The molecule has 72 heavy (non-hydrogen) atoms. The van der Waals surface area contributed by atoms with Crippen LogP contribution in [0.1, 0.15) is 0 Å².